The van der Waals surface area contributed by atoms with Gasteiger partial charge in [-0.05, 0) is 79.3 Å². The maximum absolute atomic E-state index is 13.4. The summed E-state index contributed by atoms with van der Waals surface area (Å²) in [5.74, 6) is 0.179. The van der Waals surface area contributed by atoms with Crippen LogP contribution in [0.5, 0.6) is 0 Å². The van der Waals surface area contributed by atoms with Crippen molar-refractivity contribution in [2.24, 2.45) is 0 Å². The number of aryl methyl sites for hydroxylation is 3. The highest BCUT2D eigenvalue weighted by Crippen LogP contribution is 2.32. The number of hydrogen-bond donors (Lipinski definition) is 0. The SMILES string of the molecule is Cc1ccc(S(=O)(=O)n2cc(C(C)C)c3cc(Cc4c(C)cc(Br)cc4C)ncc32)cc1. The van der Waals surface area contributed by atoms with E-state index in [0.717, 1.165) is 26.7 Å². The van der Waals surface area contributed by atoms with E-state index < -0.39 is 10.0 Å². The van der Waals surface area contributed by atoms with Crippen LogP contribution in [-0.4, -0.2) is 17.4 Å². The number of benzene rings is 2. The Balaban J connectivity index is 1.84. The van der Waals surface area contributed by atoms with Crippen molar-refractivity contribution < 1.29 is 8.42 Å². The lowest BCUT2D eigenvalue weighted by molar-refractivity contribution is 0.589. The second-order valence-corrected chi connectivity index (χ2v) is 11.5. The first kappa shape index (κ1) is 22.7. The van der Waals surface area contributed by atoms with Crippen molar-refractivity contribution in [3.05, 3.63) is 92.8 Å². The molecule has 0 spiro atoms. The molecule has 0 saturated carbocycles. The lowest BCUT2D eigenvalue weighted by Gasteiger charge is -2.11. The minimum atomic E-state index is -3.71. The predicted molar refractivity (Wildman–Crippen MR) is 134 cm³/mol. The second-order valence-electron chi connectivity index (χ2n) is 8.74. The monoisotopic (exact) mass is 510 g/mol. The first-order chi connectivity index (χ1) is 15.1. The quantitative estimate of drug-likeness (QED) is 0.301. The van der Waals surface area contributed by atoms with Gasteiger partial charge in [0.1, 0.15) is 0 Å². The predicted octanol–water partition coefficient (Wildman–Crippen LogP) is 6.68. The fourth-order valence-corrected chi connectivity index (χ4v) is 6.19. The summed E-state index contributed by atoms with van der Waals surface area (Å²) in [6, 6.07) is 13.2. The molecule has 0 aliphatic carbocycles. The van der Waals surface area contributed by atoms with Gasteiger partial charge in [-0.25, -0.2) is 12.4 Å². The van der Waals surface area contributed by atoms with Gasteiger partial charge in [-0.1, -0.05) is 47.5 Å². The molecule has 32 heavy (non-hydrogen) atoms. The third-order valence-electron chi connectivity index (χ3n) is 5.96. The van der Waals surface area contributed by atoms with E-state index in [2.05, 4.69) is 60.7 Å². The number of pyridine rings is 1. The fourth-order valence-electron chi connectivity index (χ4n) is 4.14. The number of hydrogen-bond acceptors (Lipinski definition) is 3. The summed E-state index contributed by atoms with van der Waals surface area (Å²) >= 11 is 3.56. The van der Waals surface area contributed by atoms with Crippen molar-refractivity contribution in [1.82, 2.24) is 8.96 Å². The summed E-state index contributed by atoms with van der Waals surface area (Å²) in [6.45, 7) is 10.3. The molecule has 2 aromatic carbocycles. The van der Waals surface area contributed by atoms with E-state index in [4.69, 9.17) is 0 Å². The molecule has 0 radical (unpaired) electrons. The summed E-state index contributed by atoms with van der Waals surface area (Å²) < 4.78 is 29.3. The molecule has 166 valence electrons. The van der Waals surface area contributed by atoms with E-state index in [1.54, 1.807) is 24.5 Å². The standard InChI is InChI=1S/C26H27BrN2O2S/c1-16(2)25-15-29(32(30,31)22-8-6-17(3)7-9-22)26-14-28-21(13-24(25)26)12-23-18(4)10-20(27)11-19(23)5/h6-11,13-16H,12H2,1-5H3. The van der Waals surface area contributed by atoms with Crippen molar-refractivity contribution in [2.75, 3.05) is 0 Å². The van der Waals surface area contributed by atoms with Crippen LogP contribution in [0.2, 0.25) is 0 Å². The van der Waals surface area contributed by atoms with Gasteiger partial charge in [-0.15, -0.1) is 0 Å². The highest BCUT2D eigenvalue weighted by atomic mass is 79.9. The molecule has 0 saturated heterocycles. The number of fused-ring (bicyclic) bond motifs is 1. The van der Waals surface area contributed by atoms with E-state index >= 15 is 0 Å². The molecule has 0 atom stereocenters. The lowest BCUT2D eigenvalue weighted by atomic mass is 9.97. The van der Waals surface area contributed by atoms with E-state index in [9.17, 15) is 8.42 Å². The maximum atomic E-state index is 13.4. The van der Waals surface area contributed by atoms with Crippen LogP contribution in [0.25, 0.3) is 10.9 Å². The van der Waals surface area contributed by atoms with Crippen LogP contribution < -0.4 is 0 Å². The zero-order valence-corrected chi connectivity index (χ0v) is 21.4. The third-order valence-corrected chi connectivity index (χ3v) is 8.11. The first-order valence-electron chi connectivity index (χ1n) is 10.7. The van der Waals surface area contributed by atoms with Gasteiger partial charge >= 0.3 is 0 Å². The molecule has 4 rings (SSSR count). The molecule has 4 nitrogen and oxygen atoms in total. The highest BCUT2D eigenvalue weighted by Gasteiger charge is 2.23. The van der Waals surface area contributed by atoms with Gasteiger partial charge in [0.05, 0.1) is 16.6 Å². The fraction of sp³-hybridized carbons (Fsp3) is 0.269. The normalized spacial score (nSPS) is 12.1. The molecule has 0 aliphatic heterocycles. The van der Waals surface area contributed by atoms with Gasteiger partial charge in [0, 0.05) is 28.2 Å². The second kappa shape index (κ2) is 8.49. The lowest BCUT2D eigenvalue weighted by Crippen LogP contribution is -2.12. The molecule has 6 heteroatoms. The first-order valence-corrected chi connectivity index (χ1v) is 12.9. The highest BCUT2D eigenvalue weighted by molar-refractivity contribution is 9.10. The van der Waals surface area contributed by atoms with Gasteiger partial charge in [-0.2, -0.15) is 0 Å². The van der Waals surface area contributed by atoms with Crippen molar-refractivity contribution in [1.29, 1.82) is 0 Å². The molecule has 0 bridgehead atoms. The number of rotatable bonds is 5. The molecule has 0 unspecified atom stereocenters. The number of nitrogens with zero attached hydrogens (tertiary/aromatic N) is 2. The minimum absolute atomic E-state index is 0.179. The van der Waals surface area contributed by atoms with Crippen molar-refractivity contribution in [2.45, 2.75) is 51.9 Å². The van der Waals surface area contributed by atoms with E-state index in [1.165, 1.54) is 20.7 Å². The largest absolute Gasteiger partial charge is 0.268 e. The van der Waals surface area contributed by atoms with Gasteiger partial charge in [-0.3, -0.25) is 4.98 Å². The topological polar surface area (TPSA) is 52.0 Å². The summed E-state index contributed by atoms with van der Waals surface area (Å²) in [7, 11) is -3.71. The molecule has 0 aliphatic rings. The Morgan fingerprint density at radius 1 is 1.00 bits per heavy atom. The van der Waals surface area contributed by atoms with Crippen LogP contribution in [0.3, 0.4) is 0 Å². The van der Waals surface area contributed by atoms with Gasteiger partial charge in [0.25, 0.3) is 10.0 Å². The van der Waals surface area contributed by atoms with Crippen LogP contribution in [0.4, 0.5) is 0 Å². The molecular weight excluding hydrogens is 484 g/mol. The molecule has 2 aromatic heterocycles. The Hall–Kier alpha value is -2.44. The molecule has 0 amide bonds. The summed E-state index contributed by atoms with van der Waals surface area (Å²) in [5, 5.41) is 0.938. The Bertz CT molecular complexity index is 1400. The van der Waals surface area contributed by atoms with Crippen molar-refractivity contribution >= 4 is 36.9 Å². The van der Waals surface area contributed by atoms with Crippen LogP contribution in [0.1, 0.15) is 53.3 Å². The van der Waals surface area contributed by atoms with Crippen LogP contribution in [-0.2, 0) is 16.4 Å². The average Bonchev–Trinajstić information content (AvgIpc) is 3.11. The average molecular weight is 511 g/mol. The molecule has 0 fully saturated rings. The minimum Gasteiger partial charge on any atom is -0.259 e. The smallest absolute Gasteiger partial charge is 0.259 e. The summed E-state index contributed by atoms with van der Waals surface area (Å²) in [4.78, 5) is 4.94. The van der Waals surface area contributed by atoms with Crippen LogP contribution in [0, 0.1) is 20.8 Å². The number of aromatic nitrogens is 2. The van der Waals surface area contributed by atoms with Crippen molar-refractivity contribution in [3.8, 4) is 0 Å². The molecule has 0 N–H and O–H groups in total. The zero-order chi connectivity index (χ0) is 23.2. The Morgan fingerprint density at radius 3 is 2.22 bits per heavy atom. The Morgan fingerprint density at radius 2 is 1.62 bits per heavy atom. The maximum Gasteiger partial charge on any atom is 0.268 e. The Labute approximate surface area is 198 Å². The van der Waals surface area contributed by atoms with E-state index in [-0.39, 0.29) is 10.8 Å². The van der Waals surface area contributed by atoms with Crippen LogP contribution >= 0.6 is 15.9 Å². The van der Waals surface area contributed by atoms with Gasteiger partial charge in [0.2, 0.25) is 0 Å². The summed E-state index contributed by atoms with van der Waals surface area (Å²) in [5.41, 5.74) is 7.24. The number of halogens is 1. The Kier molecular flexibility index (Phi) is 6.03. The zero-order valence-electron chi connectivity index (χ0n) is 19.0. The van der Waals surface area contributed by atoms with E-state index in [0.29, 0.717) is 11.9 Å². The van der Waals surface area contributed by atoms with E-state index in [1.807, 2.05) is 25.1 Å². The van der Waals surface area contributed by atoms with Crippen LogP contribution in [0.15, 0.2) is 64.2 Å². The molecule has 2 heterocycles. The van der Waals surface area contributed by atoms with Gasteiger partial charge < -0.3 is 0 Å². The molecule has 4 aromatic rings. The summed E-state index contributed by atoms with van der Waals surface area (Å²) in [6.07, 6.45) is 4.16. The third kappa shape index (κ3) is 4.14. The molecular formula is C26H27BrN2O2S. The van der Waals surface area contributed by atoms with Crippen molar-refractivity contribution in [3.63, 3.8) is 0 Å². The van der Waals surface area contributed by atoms with Gasteiger partial charge in [0.15, 0.2) is 0 Å².